The van der Waals surface area contributed by atoms with E-state index in [0.717, 1.165) is 32.1 Å². The molecule has 0 saturated carbocycles. The highest BCUT2D eigenvalue weighted by molar-refractivity contribution is 7.47. The molecule has 0 aliphatic rings. The first-order chi connectivity index (χ1) is 33.5. The molecular weight excluding hydrogens is 882 g/mol. The Morgan fingerprint density at radius 3 is 1.07 bits per heavy atom. The van der Waals surface area contributed by atoms with Gasteiger partial charge in [-0.1, -0.05) is 237 Å². The van der Waals surface area contributed by atoms with Crippen molar-refractivity contribution in [1.82, 2.24) is 0 Å². The Bertz CT molecular complexity index is 1220. The lowest BCUT2D eigenvalue weighted by Crippen LogP contribution is -2.37. The zero-order valence-corrected chi connectivity index (χ0v) is 47.2. The van der Waals surface area contributed by atoms with Gasteiger partial charge in [-0.15, -0.1) is 0 Å². The molecule has 69 heavy (non-hydrogen) atoms. The van der Waals surface area contributed by atoms with Crippen LogP contribution in [0.4, 0.5) is 0 Å². The van der Waals surface area contributed by atoms with Crippen molar-refractivity contribution >= 4 is 19.8 Å². The topological polar surface area (TPSA) is 108 Å². The van der Waals surface area contributed by atoms with E-state index < -0.39 is 26.5 Å². The molecule has 0 aromatic carbocycles. The number of allylic oxidation sites excluding steroid dienone is 4. The number of hydrogen-bond donors (Lipinski definition) is 1. The molecule has 0 heterocycles. The molecule has 0 aromatic rings. The number of carbonyl (C=O) groups is 2. The molecule has 0 aliphatic carbocycles. The third-order valence-corrected chi connectivity index (χ3v) is 14.2. The van der Waals surface area contributed by atoms with Crippen molar-refractivity contribution in [2.45, 2.75) is 296 Å². The van der Waals surface area contributed by atoms with Crippen molar-refractivity contribution in [3.05, 3.63) is 24.3 Å². The summed E-state index contributed by atoms with van der Waals surface area (Å²) in [5.41, 5.74) is 0. The number of phosphoric acid groups is 1. The summed E-state index contributed by atoms with van der Waals surface area (Å²) in [5.74, 6) is -0.788. The quantitative estimate of drug-likeness (QED) is 0.0211. The van der Waals surface area contributed by atoms with Crippen LogP contribution in [-0.2, 0) is 32.7 Å². The smallest absolute Gasteiger partial charge is 0.462 e. The number of likely N-dealkylation sites (N-methyl/N-ethyl adjacent to an activating group) is 1. The predicted molar refractivity (Wildman–Crippen MR) is 294 cm³/mol. The first-order valence-corrected chi connectivity index (χ1v) is 31.1. The lowest BCUT2D eigenvalue weighted by atomic mass is 10.0. The number of esters is 2. The number of hydrogen-bond acceptors (Lipinski definition) is 7. The highest BCUT2D eigenvalue weighted by Gasteiger charge is 2.27. The second-order valence-corrected chi connectivity index (χ2v) is 22.8. The SMILES string of the molecule is CCCCCCCCC/C=C\CCCCCCCCCC(=O)OCC(COP(=O)(O)OCC[N+](C)(C)C)OC(=O)CCCCCCCCCCCCCCCCC/C=C\CCCCCCCCCC. The van der Waals surface area contributed by atoms with Crippen LogP contribution in [0.15, 0.2) is 24.3 Å². The molecule has 0 amide bonds. The number of quaternary nitrogens is 1. The summed E-state index contributed by atoms with van der Waals surface area (Å²) in [7, 11) is 1.49. The zero-order valence-electron chi connectivity index (χ0n) is 46.3. The van der Waals surface area contributed by atoms with Crippen LogP contribution in [0.25, 0.3) is 0 Å². The van der Waals surface area contributed by atoms with E-state index in [-0.39, 0.29) is 32.0 Å². The largest absolute Gasteiger partial charge is 0.472 e. The van der Waals surface area contributed by atoms with Crippen molar-refractivity contribution in [2.24, 2.45) is 0 Å². The highest BCUT2D eigenvalue weighted by Crippen LogP contribution is 2.43. The Kier molecular flexibility index (Phi) is 50.3. The van der Waals surface area contributed by atoms with Crippen LogP contribution in [-0.4, -0.2) is 74.9 Å². The van der Waals surface area contributed by atoms with E-state index >= 15 is 0 Å². The number of ether oxygens (including phenoxy) is 2. The first-order valence-electron chi connectivity index (χ1n) is 29.6. The summed E-state index contributed by atoms with van der Waals surface area (Å²) >= 11 is 0. The van der Waals surface area contributed by atoms with E-state index in [1.807, 2.05) is 21.1 Å². The second kappa shape index (κ2) is 51.4. The van der Waals surface area contributed by atoms with Crippen LogP contribution in [0.5, 0.6) is 0 Å². The number of phosphoric ester groups is 1. The van der Waals surface area contributed by atoms with Gasteiger partial charge in [0.05, 0.1) is 27.7 Å². The minimum absolute atomic E-state index is 0.0334. The Balaban J connectivity index is 4.10. The minimum Gasteiger partial charge on any atom is -0.462 e. The fourth-order valence-electron chi connectivity index (χ4n) is 8.60. The Hall–Kier alpha value is -1.51. The van der Waals surface area contributed by atoms with Gasteiger partial charge in [0.25, 0.3) is 0 Å². The fourth-order valence-corrected chi connectivity index (χ4v) is 9.34. The Labute approximate surface area is 428 Å². The molecule has 0 spiro atoms. The van der Waals surface area contributed by atoms with Gasteiger partial charge in [-0.05, 0) is 64.2 Å². The molecule has 0 fully saturated rings. The van der Waals surface area contributed by atoms with Gasteiger partial charge >= 0.3 is 19.8 Å². The fraction of sp³-hybridized carbons (Fsp3) is 0.898. The summed E-state index contributed by atoms with van der Waals surface area (Å²) in [6.45, 7) is 4.47. The molecule has 0 aromatic heterocycles. The molecule has 2 atom stereocenters. The van der Waals surface area contributed by atoms with Crippen LogP contribution in [0.3, 0.4) is 0 Å². The van der Waals surface area contributed by atoms with Crippen LogP contribution in [0.1, 0.15) is 290 Å². The standard InChI is InChI=1S/C59H114NO8P/c1-6-8-10-12-14-16-18-20-22-24-26-27-28-29-30-31-32-33-34-36-38-40-42-44-46-48-50-52-59(62)68-57(56-67-69(63,64)66-54-53-60(3,4)5)55-65-58(61)51-49-47-45-43-41-39-37-35-25-23-21-19-17-15-13-11-9-7-2/h23-26,57H,6-22,27-56H2,1-5H3/p+1/b25-23-,26-24-. The molecule has 1 N–H and O–H groups in total. The van der Waals surface area contributed by atoms with Crippen molar-refractivity contribution < 1.29 is 42.1 Å². The van der Waals surface area contributed by atoms with E-state index in [0.29, 0.717) is 17.4 Å². The monoisotopic (exact) mass is 997 g/mol. The molecule has 408 valence electrons. The molecule has 9 nitrogen and oxygen atoms in total. The second-order valence-electron chi connectivity index (χ2n) is 21.4. The third-order valence-electron chi connectivity index (χ3n) is 13.2. The zero-order chi connectivity index (χ0) is 50.6. The number of unbranched alkanes of at least 4 members (excludes halogenated alkanes) is 37. The van der Waals surface area contributed by atoms with Crippen LogP contribution in [0, 0.1) is 0 Å². The van der Waals surface area contributed by atoms with Crippen LogP contribution in [0.2, 0.25) is 0 Å². The number of nitrogens with zero attached hydrogens (tertiary/aromatic N) is 1. The van der Waals surface area contributed by atoms with E-state index in [1.165, 1.54) is 225 Å². The maximum absolute atomic E-state index is 12.8. The highest BCUT2D eigenvalue weighted by atomic mass is 31.2. The average molecular weight is 998 g/mol. The Morgan fingerprint density at radius 1 is 0.435 bits per heavy atom. The van der Waals surface area contributed by atoms with E-state index in [2.05, 4.69) is 38.2 Å². The molecule has 0 rings (SSSR count). The number of carbonyl (C=O) groups excluding carboxylic acids is 2. The summed E-state index contributed by atoms with van der Waals surface area (Å²) in [4.78, 5) is 35.7. The van der Waals surface area contributed by atoms with E-state index in [4.69, 9.17) is 18.5 Å². The van der Waals surface area contributed by atoms with Gasteiger partial charge in [-0.2, -0.15) is 0 Å². The predicted octanol–water partition coefficient (Wildman–Crippen LogP) is 18.2. The molecule has 0 aliphatic heterocycles. The van der Waals surface area contributed by atoms with Crippen LogP contribution < -0.4 is 0 Å². The first kappa shape index (κ1) is 67.5. The van der Waals surface area contributed by atoms with Crippen molar-refractivity contribution in [2.75, 3.05) is 47.5 Å². The molecule has 0 radical (unpaired) electrons. The van der Waals surface area contributed by atoms with Crippen molar-refractivity contribution in [3.63, 3.8) is 0 Å². The van der Waals surface area contributed by atoms with E-state index in [1.54, 1.807) is 0 Å². The molecule has 0 bridgehead atoms. The summed E-state index contributed by atoms with van der Waals surface area (Å²) < 4.78 is 34.6. The Morgan fingerprint density at radius 2 is 0.739 bits per heavy atom. The average Bonchev–Trinajstić information content (AvgIpc) is 3.31. The minimum atomic E-state index is -4.38. The summed E-state index contributed by atoms with van der Waals surface area (Å²) in [6, 6.07) is 0. The molecule has 0 saturated heterocycles. The van der Waals surface area contributed by atoms with Gasteiger partial charge in [0, 0.05) is 12.8 Å². The maximum Gasteiger partial charge on any atom is 0.472 e. The van der Waals surface area contributed by atoms with E-state index in [9.17, 15) is 19.0 Å². The molecule has 10 heteroatoms. The number of rotatable bonds is 55. The van der Waals surface area contributed by atoms with Gasteiger partial charge in [-0.3, -0.25) is 18.6 Å². The van der Waals surface area contributed by atoms with Crippen LogP contribution >= 0.6 is 7.82 Å². The lowest BCUT2D eigenvalue weighted by Gasteiger charge is -2.24. The summed E-state index contributed by atoms with van der Waals surface area (Å²) in [5, 5.41) is 0. The lowest BCUT2D eigenvalue weighted by molar-refractivity contribution is -0.870. The van der Waals surface area contributed by atoms with Gasteiger partial charge in [0.2, 0.25) is 0 Å². The van der Waals surface area contributed by atoms with Crippen molar-refractivity contribution in [1.29, 1.82) is 0 Å². The van der Waals surface area contributed by atoms with Crippen molar-refractivity contribution in [3.8, 4) is 0 Å². The van der Waals surface area contributed by atoms with Gasteiger partial charge in [-0.25, -0.2) is 4.57 Å². The molecule has 2 unspecified atom stereocenters. The van der Waals surface area contributed by atoms with Gasteiger partial charge in [0.15, 0.2) is 6.10 Å². The van der Waals surface area contributed by atoms with Gasteiger partial charge in [0.1, 0.15) is 19.8 Å². The molecular formula is C59H115NO8P+. The third kappa shape index (κ3) is 55.7. The van der Waals surface area contributed by atoms with Gasteiger partial charge < -0.3 is 18.9 Å². The normalized spacial score (nSPS) is 13.4. The summed E-state index contributed by atoms with van der Waals surface area (Å²) in [6.07, 6.45) is 61.1. The maximum atomic E-state index is 12.8.